The van der Waals surface area contributed by atoms with Gasteiger partial charge in [0, 0.05) is 0 Å². The summed E-state index contributed by atoms with van der Waals surface area (Å²) in [6.07, 6.45) is 4.56. The van der Waals surface area contributed by atoms with Gasteiger partial charge in [-0.2, -0.15) is 0 Å². The van der Waals surface area contributed by atoms with Gasteiger partial charge in [0.05, 0.1) is 6.61 Å². The van der Waals surface area contributed by atoms with Gasteiger partial charge in [-0.15, -0.1) is 0 Å². The number of benzene rings is 1. The summed E-state index contributed by atoms with van der Waals surface area (Å²) in [6, 6.07) is 8.22. The molecule has 0 heterocycles. The van der Waals surface area contributed by atoms with Crippen molar-refractivity contribution >= 4 is 0 Å². The maximum Gasteiger partial charge on any atom is 0.119 e. The Labute approximate surface area is 92.4 Å². The first-order valence-electron chi connectivity index (χ1n) is 5.78. The van der Waals surface area contributed by atoms with Crippen molar-refractivity contribution in [3.8, 4) is 5.75 Å². The Morgan fingerprint density at radius 1 is 1.13 bits per heavy atom. The van der Waals surface area contributed by atoms with Crippen molar-refractivity contribution in [2.75, 3.05) is 13.2 Å². The zero-order valence-electron chi connectivity index (χ0n) is 9.54. The zero-order chi connectivity index (χ0) is 10.9. The minimum Gasteiger partial charge on any atom is -0.494 e. The van der Waals surface area contributed by atoms with Crippen molar-refractivity contribution in [2.45, 2.75) is 32.6 Å². The SMILES string of the molecule is CCCCCOc1ccc(CCN)cc1. The molecule has 2 nitrogen and oxygen atoms in total. The number of nitrogens with two attached hydrogens (primary N) is 1. The summed E-state index contributed by atoms with van der Waals surface area (Å²) in [6.45, 7) is 3.72. The Kier molecular flexibility index (Phi) is 5.86. The molecule has 0 fully saturated rings. The molecular formula is C13H21NO. The van der Waals surface area contributed by atoms with E-state index in [4.69, 9.17) is 10.5 Å². The van der Waals surface area contributed by atoms with Gasteiger partial charge in [-0.1, -0.05) is 31.9 Å². The molecule has 0 bridgehead atoms. The second-order valence-corrected chi connectivity index (χ2v) is 3.74. The van der Waals surface area contributed by atoms with Crippen LogP contribution in [0.25, 0.3) is 0 Å². The maximum absolute atomic E-state index is 5.61. The van der Waals surface area contributed by atoms with Crippen LogP contribution in [0.15, 0.2) is 24.3 Å². The molecule has 0 saturated heterocycles. The monoisotopic (exact) mass is 207 g/mol. The molecule has 84 valence electrons. The van der Waals surface area contributed by atoms with E-state index < -0.39 is 0 Å². The van der Waals surface area contributed by atoms with E-state index in [9.17, 15) is 0 Å². The van der Waals surface area contributed by atoms with Crippen LogP contribution in [0.1, 0.15) is 31.7 Å². The number of ether oxygens (including phenoxy) is 1. The smallest absolute Gasteiger partial charge is 0.119 e. The number of hydrogen-bond acceptors (Lipinski definition) is 2. The molecule has 15 heavy (non-hydrogen) atoms. The summed E-state index contributed by atoms with van der Waals surface area (Å²) in [5.41, 5.74) is 6.76. The lowest BCUT2D eigenvalue weighted by Gasteiger charge is -2.06. The average Bonchev–Trinajstić information content (AvgIpc) is 2.27. The second-order valence-electron chi connectivity index (χ2n) is 3.74. The molecule has 1 aromatic carbocycles. The predicted octanol–water partition coefficient (Wildman–Crippen LogP) is 2.76. The summed E-state index contributed by atoms with van der Waals surface area (Å²) in [4.78, 5) is 0. The van der Waals surface area contributed by atoms with Crippen LogP contribution in [0, 0.1) is 0 Å². The lowest BCUT2D eigenvalue weighted by Crippen LogP contribution is -2.02. The average molecular weight is 207 g/mol. The lowest BCUT2D eigenvalue weighted by molar-refractivity contribution is 0.306. The predicted molar refractivity (Wildman–Crippen MR) is 64.2 cm³/mol. The Bertz CT molecular complexity index is 256. The highest BCUT2D eigenvalue weighted by Crippen LogP contribution is 2.12. The molecule has 0 aromatic heterocycles. The van der Waals surface area contributed by atoms with E-state index in [1.165, 1.54) is 18.4 Å². The van der Waals surface area contributed by atoms with Gasteiger partial charge in [-0.25, -0.2) is 0 Å². The van der Waals surface area contributed by atoms with Crippen LogP contribution >= 0.6 is 0 Å². The van der Waals surface area contributed by atoms with Crippen molar-refractivity contribution in [3.63, 3.8) is 0 Å². The molecule has 2 N–H and O–H groups in total. The van der Waals surface area contributed by atoms with Crippen LogP contribution in [0.3, 0.4) is 0 Å². The highest BCUT2D eigenvalue weighted by Gasteiger charge is 1.94. The first kappa shape index (κ1) is 12.1. The molecule has 0 saturated carbocycles. The van der Waals surface area contributed by atoms with E-state index in [0.29, 0.717) is 6.54 Å². The number of hydrogen-bond donors (Lipinski definition) is 1. The standard InChI is InChI=1S/C13H21NO/c1-2-3-4-11-15-13-7-5-12(6-8-13)9-10-14/h5-8H,2-4,9-11,14H2,1H3. The zero-order valence-corrected chi connectivity index (χ0v) is 9.54. The van der Waals surface area contributed by atoms with Gasteiger partial charge in [0.2, 0.25) is 0 Å². The van der Waals surface area contributed by atoms with E-state index >= 15 is 0 Å². The summed E-state index contributed by atoms with van der Waals surface area (Å²) < 4.78 is 5.61. The highest BCUT2D eigenvalue weighted by molar-refractivity contribution is 5.27. The molecule has 2 heteroatoms. The van der Waals surface area contributed by atoms with Gasteiger partial charge in [0.15, 0.2) is 0 Å². The number of unbranched alkanes of at least 4 members (excludes halogenated alkanes) is 2. The molecule has 0 amide bonds. The Balaban J connectivity index is 2.29. The van der Waals surface area contributed by atoms with Crippen molar-refractivity contribution in [3.05, 3.63) is 29.8 Å². The van der Waals surface area contributed by atoms with Crippen LogP contribution in [-0.4, -0.2) is 13.2 Å². The van der Waals surface area contributed by atoms with Gasteiger partial charge < -0.3 is 10.5 Å². The molecular weight excluding hydrogens is 186 g/mol. The van der Waals surface area contributed by atoms with Crippen LogP contribution in [-0.2, 0) is 6.42 Å². The van der Waals surface area contributed by atoms with Gasteiger partial charge in [0.1, 0.15) is 5.75 Å². The molecule has 0 unspecified atom stereocenters. The first-order chi connectivity index (χ1) is 7.36. The normalized spacial score (nSPS) is 10.3. The Hall–Kier alpha value is -1.02. The second kappa shape index (κ2) is 7.30. The topological polar surface area (TPSA) is 35.2 Å². The van der Waals surface area contributed by atoms with Gasteiger partial charge in [-0.3, -0.25) is 0 Å². The fourth-order valence-electron chi connectivity index (χ4n) is 1.46. The molecule has 0 atom stereocenters. The van der Waals surface area contributed by atoms with Gasteiger partial charge in [-0.05, 0) is 37.1 Å². The third-order valence-electron chi connectivity index (χ3n) is 2.37. The molecule has 0 aliphatic heterocycles. The fourth-order valence-corrected chi connectivity index (χ4v) is 1.46. The highest BCUT2D eigenvalue weighted by atomic mass is 16.5. The quantitative estimate of drug-likeness (QED) is 0.698. The third kappa shape index (κ3) is 4.84. The van der Waals surface area contributed by atoms with Crippen molar-refractivity contribution in [1.82, 2.24) is 0 Å². The molecule has 0 radical (unpaired) electrons. The van der Waals surface area contributed by atoms with Crippen molar-refractivity contribution in [1.29, 1.82) is 0 Å². The summed E-state index contributed by atoms with van der Waals surface area (Å²) >= 11 is 0. The fraction of sp³-hybridized carbons (Fsp3) is 0.538. The maximum atomic E-state index is 5.61. The van der Waals surface area contributed by atoms with E-state index in [0.717, 1.165) is 25.2 Å². The molecule has 1 aromatic rings. The molecule has 0 aliphatic carbocycles. The largest absolute Gasteiger partial charge is 0.494 e. The minimum atomic E-state index is 0.705. The third-order valence-corrected chi connectivity index (χ3v) is 2.37. The van der Waals surface area contributed by atoms with Gasteiger partial charge in [0.25, 0.3) is 0 Å². The van der Waals surface area contributed by atoms with Crippen molar-refractivity contribution < 1.29 is 4.74 Å². The van der Waals surface area contributed by atoms with E-state index in [2.05, 4.69) is 19.1 Å². The Morgan fingerprint density at radius 2 is 1.87 bits per heavy atom. The molecule has 0 spiro atoms. The van der Waals surface area contributed by atoms with E-state index in [1.54, 1.807) is 0 Å². The Morgan fingerprint density at radius 3 is 2.47 bits per heavy atom. The van der Waals surface area contributed by atoms with Gasteiger partial charge >= 0.3 is 0 Å². The number of rotatable bonds is 7. The minimum absolute atomic E-state index is 0.705. The van der Waals surface area contributed by atoms with Crippen LogP contribution in [0.2, 0.25) is 0 Å². The summed E-state index contributed by atoms with van der Waals surface area (Å²) in [5.74, 6) is 0.965. The summed E-state index contributed by atoms with van der Waals surface area (Å²) in [7, 11) is 0. The van der Waals surface area contributed by atoms with E-state index in [1.807, 2.05) is 12.1 Å². The van der Waals surface area contributed by atoms with Crippen LogP contribution < -0.4 is 10.5 Å². The molecule has 0 aliphatic rings. The van der Waals surface area contributed by atoms with Crippen LogP contribution in [0.5, 0.6) is 5.75 Å². The molecule has 1 rings (SSSR count). The van der Waals surface area contributed by atoms with Crippen LogP contribution in [0.4, 0.5) is 0 Å². The van der Waals surface area contributed by atoms with E-state index in [-0.39, 0.29) is 0 Å². The lowest BCUT2D eigenvalue weighted by atomic mass is 10.1. The van der Waals surface area contributed by atoms with Crippen molar-refractivity contribution in [2.24, 2.45) is 5.73 Å². The first-order valence-corrected chi connectivity index (χ1v) is 5.78. The summed E-state index contributed by atoms with van der Waals surface area (Å²) in [5, 5.41) is 0.